The molecule has 0 bridgehead atoms. The number of rotatable bonds is 9. The summed E-state index contributed by atoms with van der Waals surface area (Å²) in [7, 11) is 0. The van der Waals surface area contributed by atoms with Crippen LogP contribution in [0.4, 0.5) is 0 Å². The summed E-state index contributed by atoms with van der Waals surface area (Å²) in [6.07, 6.45) is 1.32. The lowest BCUT2D eigenvalue weighted by atomic mass is 10.00. The van der Waals surface area contributed by atoms with Crippen LogP contribution in [0.25, 0.3) is 0 Å². The molecule has 32 heavy (non-hydrogen) atoms. The summed E-state index contributed by atoms with van der Waals surface area (Å²) in [6.45, 7) is 12.0. The van der Waals surface area contributed by atoms with Gasteiger partial charge in [0, 0.05) is 24.4 Å². The van der Waals surface area contributed by atoms with Crippen molar-refractivity contribution in [2.75, 3.05) is 26.2 Å². The van der Waals surface area contributed by atoms with Crippen molar-refractivity contribution in [2.24, 2.45) is 11.8 Å². The summed E-state index contributed by atoms with van der Waals surface area (Å²) in [6, 6.07) is 9.92. The highest BCUT2D eigenvalue weighted by molar-refractivity contribution is 7.10. The highest BCUT2D eigenvalue weighted by Gasteiger charge is 2.33. The fourth-order valence-electron chi connectivity index (χ4n) is 4.19. The molecule has 0 fully saturated rings. The highest BCUT2D eigenvalue weighted by Crippen LogP contribution is 2.34. The van der Waals surface area contributed by atoms with Crippen LogP contribution >= 0.6 is 11.3 Å². The van der Waals surface area contributed by atoms with Crippen LogP contribution in [0.5, 0.6) is 5.75 Å². The third-order valence-corrected chi connectivity index (χ3v) is 6.75. The lowest BCUT2D eigenvalue weighted by Crippen LogP contribution is -2.48. The van der Waals surface area contributed by atoms with Gasteiger partial charge in [0.05, 0.1) is 12.6 Å². The fraction of sp³-hybridized carbons (Fsp3) is 0.538. The first-order valence-electron chi connectivity index (χ1n) is 11.6. The molecular weight excluding hydrogens is 420 g/mol. The molecular formula is C26H36N2O3S. The number of carbonyl (C=O) groups excluding carboxylic acids is 2. The van der Waals surface area contributed by atoms with Gasteiger partial charge in [0.2, 0.25) is 11.8 Å². The number of carbonyl (C=O) groups is 2. The molecule has 0 radical (unpaired) electrons. The van der Waals surface area contributed by atoms with Crippen LogP contribution in [0.2, 0.25) is 0 Å². The second-order valence-corrected chi connectivity index (χ2v) is 10.5. The van der Waals surface area contributed by atoms with Crippen molar-refractivity contribution in [3.8, 4) is 5.75 Å². The van der Waals surface area contributed by atoms with E-state index in [2.05, 4.69) is 25.3 Å². The van der Waals surface area contributed by atoms with E-state index < -0.39 is 0 Å². The first kappa shape index (κ1) is 24.3. The highest BCUT2D eigenvalue weighted by atomic mass is 32.1. The third-order valence-electron chi connectivity index (χ3n) is 5.75. The van der Waals surface area contributed by atoms with Gasteiger partial charge in [-0.3, -0.25) is 9.59 Å². The lowest BCUT2D eigenvalue weighted by molar-refractivity contribution is -0.143. The Labute approximate surface area is 196 Å². The largest absolute Gasteiger partial charge is 0.491 e. The van der Waals surface area contributed by atoms with E-state index in [0.717, 1.165) is 17.7 Å². The molecule has 2 amide bonds. The Morgan fingerprint density at radius 1 is 1.16 bits per heavy atom. The Morgan fingerprint density at radius 2 is 1.91 bits per heavy atom. The minimum Gasteiger partial charge on any atom is -0.491 e. The van der Waals surface area contributed by atoms with E-state index in [1.807, 2.05) is 49.9 Å². The van der Waals surface area contributed by atoms with E-state index in [9.17, 15) is 9.59 Å². The number of ether oxygens (including phenoxy) is 1. The number of nitrogens with zero attached hydrogens (tertiary/aromatic N) is 2. The van der Waals surface area contributed by atoms with Crippen molar-refractivity contribution in [3.05, 3.63) is 51.7 Å². The summed E-state index contributed by atoms with van der Waals surface area (Å²) in [4.78, 5) is 31.3. The van der Waals surface area contributed by atoms with Crippen LogP contribution in [-0.2, 0) is 16.0 Å². The fourth-order valence-corrected chi connectivity index (χ4v) is 5.12. The van der Waals surface area contributed by atoms with Gasteiger partial charge in [-0.2, -0.15) is 0 Å². The molecule has 0 saturated carbocycles. The van der Waals surface area contributed by atoms with Gasteiger partial charge >= 0.3 is 0 Å². The number of para-hydroxylation sites is 1. The van der Waals surface area contributed by atoms with Crippen LogP contribution in [0.1, 0.15) is 56.2 Å². The zero-order chi connectivity index (χ0) is 23.3. The van der Waals surface area contributed by atoms with Gasteiger partial charge < -0.3 is 14.5 Å². The molecule has 5 nitrogen and oxygen atoms in total. The molecule has 0 N–H and O–H groups in total. The minimum absolute atomic E-state index is 0.00186. The van der Waals surface area contributed by atoms with Gasteiger partial charge in [-0.25, -0.2) is 0 Å². The molecule has 1 atom stereocenters. The normalized spacial score (nSPS) is 15.7. The molecule has 6 heteroatoms. The van der Waals surface area contributed by atoms with E-state index in [4.69, 9.17) is 4.74 Å². The van der Waals surface area contributed by atoms with Crippen LogP contribution < -0.4 is 4.74 Å². The second-order valence-electron chi connectivity index (χ2n) is 9.49. The van der Waals surface area contributed by atoms with Gasteiger partial charge in [-0.15, -0.1) is 11.3 Å². The lowest BCUT2D eigenvalue weighted by Gasteiger charge is -2.37. The molecule has 1 aromatic carbocycles. The SMILES string of the molecule is Cc1ccccc1OCC1c2ccsc2CCN1C(=O)CN(CC(C)C)C(=O)CC(C)C. The Balaban J connectivity index is 1.77. The number of hydrogen-bond donors (Lipinski definition) is 0. The quantitative estimate of drug-likeness (QED) is 0.528. The van der Waals surface area contributed by atoms with Crippen molar-refractivity contribution in [1.29, 1.82) is 0 Å². The average molecular weight is 457 g/mol. The molecule has 1 aromatic heterocycles. The number of benzene rings is 1. The number of aryl methyl sites for hydroxylation is 1. The predicted octanol–water partition coefficient (Wildman–Crippen LogP) is 5.09. The molecule has 0 saturated heterocycles. The molecule has 1 aliphatic rings. The molecule has 3 rings (SSSR count). The third kappa shape index (κ3) is 6.12. The molecule has 2 heterocycles. The molecule has 1 aliphatic heterocycles. The zero-order valence-electron chi connectivity index (χ0n) is 20.0. The van der Waals surface area contributed by atoms with E-state index in [1.165, 1.54) is 10.4 Å². The summed E-state index contributed by atoms with van der Waals surface area (Å²) in [5.41, 5.74) is 2.25. The standard InChI is InChI=1S/C26H36N2O3S/c1-18(2)14-25(29)27(15-19(3)4)16-26(30)28-12-10-24-21(11-13-32-24)22(28)17-31-23-9-7-6-8-20(23)5/h6-9,11,13,18-19,22H,10,12,14-17H2,1-5H3. The van der Waals surface area contributed by atoms with Crippen molar-refractivity contribution < 1.29 is 14.3 Å². The van der Waals surface area contributed by atoms with Gasteiger partial charge in [-0.05, 0) is 53.8 Å². The van der Waals surface area contributed by atoms with Crippen LogP contribution in [0.3, 0.4) is 0 Å². The number of fused-ring (bicyclic) bond motifs is 1. The molecule has 0 aliphatic carbocycles. The van der Waals surface area contributed by atoms with E-state index in [-0.39, 0.29) is 30.3 Å². The number of thiophene rings is 1. The van der Waals surface area contributed by atoms with E-state index in [0.29, 0.717) is 32.0 Å². The van der Waals surface area contributed by atoms with Gasteiger partial charge in [0.15, 0.2) is 0 Å². The predicted molar refractivity (Wildman–Crippen MR) is 130 cm³/mol. The van der Waals surface area contributed by atoms with Crippen molar-refractivity contribution >= 4 is 23.2 Å². The first-order chi connectivity index (χ1) is 15.3. The van der Waals surface area contributed by atoms with Crippen molar-refractivity contribution in [3.63, 3.8) is 0 Å². The Hall–Kier alpha value is -2.34. The zero-order valence-corrected chi connectivity index (χ0v) is 20.8. The Kier molecular flexibility index (Phi) is 8.35. The maximum Gasteiger partial charge on any atom is 0.242 e. The maximum atomic E-state index is 13.5. The maximum absolute atomic E-state index is 13.5. The second kappa shape index (κ2) is 11.0. The van der Waals surface area contributed by atoms with Crippen LogP contribution in [-0.4, -0.2) is 47.9 Å². The summed E-state index contributed by atoms with van der Waals surface area (Å²) < 4.78 is 6.18. The number of amides is 2. The van der Waals surface area contributed by atoms with Gasteiger partial charge in [0.1, 0.15) is 12.4 Å². The van der Waals surface area contributed by atoms with E-state index in [1.54, 1.807) is 16.2 Å². The summed E-state index contributed by atoms with van der Waals surface area (Å²) >= 11 is 1.74. The summed E-state index contributed by atoms with van der Waals surface area (Å²) in [5.74, 6) is 1.48. The molecule has 2 aromatic rings. The van der Waals surface area contributed by atoms with Crippen molar-refractivity contribution in [2.45, 2.75) is 53.5 Å². The average Bonchev–Trinajstić information content (AvgIpc) is 3.20. The van der Waals surface area contributed by atoms with Gasteiger partial charge in [-0.1, -0.05) is 45.9 Å². The van der Waals surface area contributed by atoms with Gasteiger partial charge in [0.25, 0.3) is 0 Å². The Morgan fingerprint density at radius 3 is 2.59 bits per heavy atom. The van der Waals surface area contributed by atoms with Crippen molar-refractivity contribution in [1.82, 2.24) is 9.80 Å². The van der Waals surface area contributed by atoms with Crippen LogP contribution in [0, 0.1) is 18.8 Å². The number of hydrogen-bond acceptors (Lipinski definition) is 4. The van der Waals surface area contributed by atoms with E-state index >= 15 is 0 Å². The minimum atomic E-state index is -0.141. The van der Waals surface area contributed by atoms with Crippen LogP contribution in [0.15, 0.2) is 35.7 Å². The Bertz CT molecular complexity index is 921. The monoisotopic (exact) mass is 456 g/mol. The first-order valence-corrected chi connectivity index (χ1v) is 12.5. The molecule has 174 valence electrons. The molecule has 0 spiro atoms. The molecule has 1 unspecified atom stereocenters. The summed E-state index contributed by atoms with van der Waals surface area (Å²) in [5, 5.41) is 2.09. The smallest absolute Gasteiger partial charge is 0.242 e. The topological polar surface area (TPSA) is 49.9 Å².